The summed E-state index contributed by atoms with van der Waals surface area (Å²) >= 11 is 0. The van der Waals surface area contributed by atoms with Gasteiger partial charge in [-0.3, -0.25) is 4.79 Å². The Kier molecular flexibility index (Phi) is 6.13. The first kappa shape index (κ1) is 19.0. The Morgan fingerprint density at radius 1 is 1.22 bits per heavy atom. The minimum atomic E-state index is -0.388. The molecule has 0 aliphatic carbocycles. The number of hydrogen-bond acceptors (Lipinski definition) is 4. The summed E-state index contributed by atoms with van der Waals surface area (Å²) in [4.78, 5) is 19.4. The number of rotatable bonds is 7. The Morgan fingerprint density at radius 3 is 2.67 bits per heavy atom. The number of hydrogen-bond donors (Lipinski definition) is 0. The van der Waals surface area contributed by atoms with Crippen LogP contribution in [-0.4, -0.2) is 42.9 Å². The van der Waals surface area contributed by atoms with Gasteiger partial charge in [0.05, 0.1) is 12.3 Å². The monoisotopic (exact) mass is 374 g/mol. The summed E-state index contributed by atoms with van der Waals surface area (Å²) in [7, 11) is 1.44. The lowest BCUT2D eigenvalue weighted by Gasteiger charge is -2.24. The van der Waals surface area contributed by atoms with Gasteiger partial charge in [0.15, 0.2) is 6.10 Å². The van der Waals surface area contributed by atoms with E-state index in [4.69, 9.17) is 9.57 Å². The second kappa shape index (κ2) is 8.73. The molecule has 1 atom stereocenters. The Balaban J connectivity index is 1.67. The second-order valence-corrected chi connectivity index (χ2v) is 6.28. The minimum Gasteiger partial charge on any atom is -0.390 e. The van der Waals surface area contributed by atoms with E-state index in [1.54, 1.807) is 35.2 Å². The van der Waals surface area contributed by atoms with Crippen molar-refractivity contribution in [3.05, 3.63) is 71.3 Å². The van der Waals surface area contributed by atoms with Crippen molar-refractivity contribution in [1.82, 2.24) is 4.90 Å². The van der Waals surface area contributed by atoms with Gasteiger partial charge in [0.2, 0.25) is 5.91 Å². The highest BCUT2D eigenvalue weighted by atomic mass is 19.1. The second-order valence-electron chi connectivity index (χ2n) is 6.28. The Morgan fingerprint density at radius 2 is 1.96 bits per heavy atom. The number of amides is 1. The number of benzene rings is 2. The molecule has 7 heteroatoms. The van der Waals surface area contributed by atoms with Gasteiger partial charge in [0, 0.05) is 25.6 Å². The fourth-order valence-corrected chi connectivity index (χ4v) is 2.91. The van der Waals surface area contributed by atoms with Crippen LogP contribution in [0.4, 0.5) is 8.78 Å². The number of methoxy groups -OCH3 is 1. The van der Waals surface area contributed by atoms with Crippen LogP contribution in [0.15, 0.2) is 53.7 Å². The van der Waals surface area contributed by atoms with Crippen molar-refractivity contribution in [2.75, 3.05) is 20.3 Å². The highest BCUT2D eigenvalue weighted by Gasteiger charge is 2.27. The minimum absolute atomic E-state index is 0.0745. The molecule has 0 spiro atoms. The van der Waals surface area contributed by atoms with Crippen molar-refractivity contribution in [2.45, 2.75) is 19.1 Å². The van der Waals surface area contributed by atoms with Gasteiger partial charge >= 0.3 is 0 Å². The van der Waals surface area contributed by atoms with E-state index >= 15 is 0 Å². The van der Waals surface area contributed by atoms with Crippen molar-refractivity contribution in [3.8, 4) is 0 Å². The van der Waals surface area contributed by atoms with Crippen molar-refractivity contribution in [1.29, 1.82) is 0 Å². The highest BCUT2D eigenvalue weighted by molar-refractivity contribution is 6.01. The van der Waals surface area contributed by atoms with E-state index < -0.39 is 0 Å². The summed E-state index contributed by atoms with van der Waals surface area (Å²) in [6.07, 6.45) is 0.00190. The molecule has 0 N–H and O–H groups in total. The SMILES string of the molecule is COCC(=O)N(Cc1ccc(F)cc1)CC1CC(c2ccccc2F)=NO1. The first-order chi connectivity index (χ1) is 13.1. The molecule has 0 fully saturated rings. The summed E-state index contributed by atoms with van der Waals surface area (Å²) in [5.41, 5.74) is 1.70. The summed E-state index contributed by atoms with van der Waals surface area (Å²) in [6, 6.07) is 12.3. The zero-order chi connectivity index (χ0) is 19.2. The average Bonchev–Trinajstić information content (AvgIpc) is 3.12. The zero-order valence-electron chi connectivity index (χ0n) is 14.9. The summed E-state index contributed by atoms with van der Waals surface area (Å²) in [5.74, 6) is -0.917. The predicted molar refractivity (Wildman–Crippen MR) is 96.1 cm³/mol. The number of nitrogens with zero attached hydrogens (tertiary/aromatic N) is 2. The molecule has 0 radical (unpaired) electrons. The van der Waals surface area contributed by atoms with Crippen LogP contribution in [0.2, 0.25) is 0 Å². The van der Waals surface area contributed by atoms with Gasteiger partial charge < -0.3 is 14.5 Å². The molecule has 2 aromatic rings. The maximum Gasteiger partial charge on any atom is 0.248 e. The van der Waals surface area contributed by atoms with E-state index in [2.05, 4.69) is 5.16 Å². The van der Waals surface area contributed by atoms with Gasteiger partial charge in [-0.25, -0.2) is 8.78 Å². The molecule has 1 aliphatic rings. The summed E-state index contributed by atoms with van der Waals surface area (Å²) in [6.45, 7) is 0.479. The number of oxime groups is 1. The number of ether oxygens (including phenoxy) is 1. The smallest absolute Gasteiger partial charge is 0.248 e. The third kappa shape index (κ3) is 4.89. The highest BCUT2D eigenvalue weighted by Crippen LogP contribution is 2.20. The van der Waals surface area contributed by atoms with E-state index in [0.717, 1.165) is 5.56 Å². The zero-order valence-corrected chi connectivity index (χ0v) is 14.9. The third-order valence-corrected chi connectivity index (χ3v) is 4.25. The molecule has 1 unspecified atom stereocenters. The maximum atomic E-state index is 13.9. The molecule has 142 valence electrons. The molecule has 5 nitrogen and oxygen atoms in total. The molecular weight excluding hydrogens is 354 g/mol. The van der Waals surface area contributed by atoms with Crippen LogP contribution in [0.5, 0.6) is 0 Å². The van der Waals surface area contributed by atoms with Crippen molar-refractivity contribution < 1.29 is 23.1 Å². The molecule has 0 bridgehead atoms. The predicted octanol–water partition coefficient (Wildman–Crippen LogP) is 3.13. The van der Waals surface area contributed by atoms with Crippen LogP contribution in [0.1, 0.15) is 17.5 Å². The Bertz CT molecular complexity index is 824. The van der Waals surface area contributed by atoms with Gasteiger partial charge in [-0.05, 0) is 23.8 Å². The lowest BCUT2D eigenvalue weighted by Crippen LogP contribution is -2.39. The lowest BCUT2D eigenvalue weighted by molar-refractivity contribution is -0.137. The van der Waals surface area contributed by atoms with Crippen LogP contribution < -0.4 is 0 Å². The van der Waals surface area contributed by atoms with Gasteiger partial charge in [-0.15, -0.1) is 0 Å². The molecule has 27 heavy (non-hydrogen) atoms. The van der Waals surface area contributed by atoms with Crippen molar-refractivity contribution >= 4 is 11.6 Å². The molecule has 2 aromatic carbocycles. The molecule has 1 amide bonds. The quantitative estimate of drug-likeness (QED) is 0.748. The van der Waals surface area contributed by atoms with Crippen molar-refractivity contribution in [2.24, 2.45) is 5.16 Å². The standard InChI is InChI=1S/C20H20F2N2O3/c1-26-13-20(25)24(11-14-6-8-15(21)9-7-14)12-16-10-19(23-27-16)17-4-2-3-5-18(17)22/h2-9,16H,10-13H2,1H3. The number of carbonyl (C=O) groups is 1. The van der Waals surface area contributed by atoms with Gasteiger partial charge in [-0.1, -0.05) is 35.5 Å². The van der Waals surface area contributed by atoms with Crippen LogP contribution in [-0.2, 0) is 20.9 Å². The molecule has 0 aromatic heterocycles. The summed E-state index contributed by atoms with van der Waals surface area (Å²) in [5, 5.41) is 3.98. The lowest BCUT2D eigenvalue weighted by atomic mass is 10.0. The van der Waals surface area contributed by atoms with E-state index in [-0.39, 0.29) is 43.3 Å². The summed E-state index contributed by atoms with van der Waals surface area (Å²) < 4.78 is 32.0. The molecule has 3 rings (SSSR count). The first-order valence-electron chi connectivity index (χ1n) is 8.55. The Hall–Kier alpha value is -2.80. The normalized spacial score (nSPS) is 16.0. The van der Waals surface area contributed by atoms with E-state index in [0.29, 0.717) is 17.7 Å². The van der Waals surface area contributed by atoms with E-state index in [9.17, 15) is 13.6 Å². The van der Waals surface area contributed by atoms with Crippen LogP contribution in [0, 0.1) is 11.6 Å². The maximum absolute atomic E-state index is 13.9. The average molecular weight is 374 g/mol. The van der Waals surface area contributed by atoms with Gasteiger partial charge in [0.1, 0.15) is 18.2 Å². The molecule has 0 saturated heterocycles. The van der Waals surface area contributed by atoms with Gasteiger partial charge in [0.25, 0.3) is 0 Å². The van der Waals surface area contributed by atoms with Gasteiger partial charge in [-0.2, -0.15) is 0 Å². The molecule has 0 saturated carbocycles. The Labute approximate surface area is 156 Å². The fourth-order valence-electron chi connectivity index (χ4n) is 2.91. The third-order valence-electron chi connectivity index (χ3n) is 4.25. The largest absolute Gasteiger partial charge is 0.390 e. The molecule has 1 heterocycles. The molecular formula is C20H20F2N2O3. The topological polar surface area (TPSA) is 51.1 Å². The van der Waals surface area contributed by atoms with Crippen molar-refractivity contribution in [3.63, 3.8) is 0 Å². The molecule has 1 aliphatic heterocycles. The number of halogens is 2. The first-order valence-corrected chi connectivity index (χ1v) is 8.55. The number of carbonyl (C=O) groups excluding carboxylic acids is 1. The van der Waals surface area contributed by atoms with Crippen LogP contribution >= 0.6 is 0 Å². The van der Waals surface area contributed by atoms with Crippen LogP contribution in [0.25, 0.3) is 0 Å². The van der Waals surface area contributed by atoms with E-state index in [1.165, 1.54) is 25.3 Å². The van der Waals surface area contributed by atoms with Crippen LogP contribution in [0.3, 0.4) is 0 Å². The fraction of sp³-hybridized carbons (Fsp3) is 0.300. The van der Waals surface area contributed by atoms with E-state index in [1.807, 2.05) is 0 Å².